The molecule has 5 nitrogen and oxygen atoms in total. The number of benzene rings is 1. The van der Waals surface area contributed by atoms with Crippen molar-refractivity contribution in [3.63, 3.8) is 0 Å². The summed E-state index contributed by atoms with van der Waals surface area (Å²) in [6, 6.07) is 5.33. The second-order valence-electron chi connectivity index (χ2n) is 3.43. The lowest BCUT2D eigenvalue weighted by Gasteiger charge is -2.10. The lowest BCUT2D eigenvalue weighted by atomic mass is 10.1. The number of hydrogen-bond acceptors (Lipinski definition) is 5. The molecule has 0 spiro atoms. The number of carbonyl (C=O) groups excluding carboxylic acids is 2. The molecule has 2 rings (SSSR count). The number of thioether (sulfide) groups is 1. The van der Waals surface area contributed by atoms with Crippen LogP contribution >= 0.6 is 11.8 Å². The van der Waals surface area contributed by atoms with Gasteiger partial charge in [0.15, 0.2) is 11.5 Å². The maximum atomic E-state index is 11.5. The van der Waals surface area contributed by atoms with Crippen LogP contribution in [0.1, 0.15) is 5.56 Å². The molecule has 6 heteroatoms. The lowest BCUT2D eigenvalue weighted by molar-refractivity contribution is -0.115. The van der Waals surface area contributed by atoms with Crippen molar-refractivity contribution in [3.05, 3.63) is 28.7 Å². The zero-order chi connectivity index (χ0) is 13.1. The Balaban J connectivity index is 2.43. The number of carbonyl (C=O) groups is 2. The Labute approximate surface area is 108 Å². The van der Waals surface area contributed by atoms with Crippen molar-refractivity contribution in [1.82, 2.24) is 5.32 Å². The maximum Gasteiger partial charge on any atom is 0.290 e. The highest BCUT2D eigenvalue weighted by atomic mass is 32.2. The van der Waals surface area contributed by atoms with E-state index >= 15 is 0 Å². The first-order valence-corrected chi connectivity index (χ1v) is 5.93. The monoisotopic (exact) mass is 265 g/mol. The lowest BCUT2D eigenvalue weighted by Crippen LogP contribution is -2.17. The van der Waals surface area contributed by atoms with Gasteiger partial charge in [-0.25, -0.2) is 0 Å². The minimum atomic E-state index is -0.394. The van der Waals surface area contributed by atoms with E-state index in [2.05, 4.69) is 5.32 Å². The Morgan fingerprint density at radius 1 is 1.22 bits per heavy atom. The number of rotatable bonds is 3. The van der Waals surface area contributed by atoms with Crippen molar-refractivity contribution >= 4 is 29.0 Å². The Morgan fingerprint density at radius 3 is 2.56 bits per heavy atom. The summed E-state index contributed by atoms with van der Waals surface area (Å²) in [6.45, 7) is 0. The molecule has 1 heterocycles. The van der Waals surface area contributed by atoms with Gasteiger partial charge in [-0.3, -0.25) is 14.9 Å². The number of hydrogen-bond donors (Lipinski definition) is 1. The average Bonchev–Trinajstić information content (AvgIpc) is 2.67. The number of ether oxygens (including phenoxy) is 2. The molecule has 1 aromatic rings. The molecule has 1 aliphatic heterocycles. The molecule has 1 aromatic carbocycles. The van der Waals surface area contributed by atoms with Crippen LogP contribution in [0.25, 0.3) is 6.08 Å². The van der Waals surface area contributed by atoms with E-state index in [9.17, 15) is 9.59 Å². The van der Waals surface area contributed by atoms with Crippen molar-refractivity contribution in [3.8, 4) is 11.5 Å². The first kappa shape index (κ1) is 12.5. The van der Waals surface area contributed by atoms with Crippen molar-refractivity contribution in [2.75, 3.05) is 14.2 Å². The van der Waals surface area contributed by atoms with Crippen LogP contribution in [0.5, 0.6) is 11.5 Å². The SMILES string of the molecule is COc1cccc(/C=C2\SC(=O)NC2=O)c1OC. The van der Waals surface area contributed by atoms with Gasteiger partial charge in [0.05, 0.1) is 19.1 Å². The Morgan fingerprint density at radius 2 is 2.00 bits per heavy atom. The summed E-state index contributed by atoms with van der Waals surface area (Å²) in [7, 11) is 3.06. The number of para-hydroxylation sites is 1. The van der Waals surface area contributed by atoms with E-state index in [0.717, 1.165) is 11.8 Å². The topological polar surface area (TPSA) is 64.6 Å². The molecule has 0 unspecified atom stereocenters. The van der Waals surface area contributed by atoms with E-state index in [1.54, 1.807) is 24.3 Å². The summed E-state index contributed by atoms with van der Waals surface area (Å²) in [5, 5.41) is 1.83. The van der Waals surface area contributed by atoms with Gasteiger partial charge in [-0.05, 0) is 23.9 Å². The summed E-state index contributed by atoms with van der Waals surface area (Å²) in [5.41, 5.74) is 0.684. The van der Waals surface area contributed by atoms with Gasteiger partial charge in [0.25, 0.3) is 11.1 Å². The average molecular weight is 265 g/mol. The first-order valence-electron chi connectivity index (χ1n) is 5.11. The summed E-state index contributed by atoms with van der Waals surface area (Å²) in [5.74, 6) is 0.705. The molecule has 1 fully saturated rings. The molecule has 0 aromatic heterocycles. The predicted octanol–water partition coefficient (Wildman–Crippen LogP) is 2.03. The van der Waals surface area contributed by atoms with E-state index in [1.165, 1.54) is 14.2 Å². The van der Waals surface area contributed by atoms with Crippen LogP contribution < -0.4 is 14.8 Å². The van der Waals surface area contributed by atoms with Crippen LogP contribution in [0.2, 0.25) is 0 Å². The van der Waals surface area contributed by atoms with E-state index in [-0.39, 0.29) is 5.24 Å². The second kappa shape index (κ2) is 5.14. The molecule has 0 saturated carbocycles. The molecule has 0 aliphatic carbocycles. The fourth-order valence-corrected chi connectivity index (χ4v) is 2.26. The smallest absolute Gasteiger partial charge is 0.290 e. The molecule has 0 radical (unpaired) electrons. The third-order valence-electron chi connectivity index (χ3n) is 2.36. The van der Waals surface area contributed by atoms with Crippen LogP contribution in [-0.4, -0.2) is 25.4 Å². The van der Waals surface area contributed by atoms with E-state index in [1.807, 2.05) is 0 Å². The Kier molecular flexibility index (Phi) is 3.57. The summed E-state index contributed by atoms with van der Waals surface area (Å²) < 4.78 is 10.4. The minimum absolute atomic E-state index is 0.339. The predicted molar refractivity (Wildman–Crippen MR) is 68.7 cm³/mol. The maximum absolute atomic E-state index is 11.5. The molecule has 1 N–H and O–H groups in total. The normalized spacial score (nSPS) is 16.9. The number of nitrogens with one attached hydrogen (secondary N) is 1. The molecule has 0 bridgehead atoms. The summed E-state index contributed by atoms with van der Waals surface area (Å²) in [6.07, 6.45) is 1.60. The number of imide groups is 1. The first-order chi connectivity index (χ1) is 8.65. The molecule has 0 atom stereocenters. The number of amides is 2. The van der Waals surface area contributed by atoms with Crippen LogP contribution in [0.3, 0.4) is 0 Å². The van der Waals surface area contributed by atoms with Crippen molar-refractivity contribution < 1.29 is 19.1 Å². The fraction of sp³-hybridized carbons (Fsp3) is 0.167. The highest BCUT2D eigenvalue weighted by Gasteiger charge is 2.25. The van der Waals surface area contributed by atoms with Gasteiger partial charge in [0.1, 0.15) is 0 Å². The number of methoxy groups -OCH3 is 2. The zero-order valence-corrected chi connectivity index (χ0v) is 10.7. The molecule has 94 valence electrons. The molecular formula is C12H11NO4S. The molecule has 1 saturated heterocycles. The van der Waals surface area contributed by atoms with Gasteiger partial charge in [0, 0.05) is 5.56 Å². The van der Waals surface area contributed by atoms with Gasteiger partial charge in [-0.15, -0.1) is 0 Å². The van der Waals surface area contributed by atoms with Crippen molar-refractivity contribution in [2.24, 2.45) is 0 Å². The molecule has 2 amide bonds. The highest BCUT2D eigenvalue weighted by Crippen LogP contribution is 2.34. The molecular weight excluding hydrogens is 254 g/mol. The Bertz CT molecular complexity index is 539. The third kappa shape index (κ3) is 2.33. The largest absolute Gasteiger partial charge is 0.493 e. The highest BCUT2D eigenvalue weighted by molar-refractivity contribution is 8.18. The van der Waals surface area contributed by atoms with Crippen LogP contribution in [0.15, 0.2) is 23.1 Å². The van der Waals surface area contributed by atoms with Gasteiger partial charge in [-0.2, -0.15) is 0 Å². The van der Waals surface area contributed by atoms with E-state index in [4.69, 9.17) is 9.47 Å². The van der Waals surface area contributed by atoms with Gasteiger partial charge in [-0.1, -0.05) is 12.1 Å². The zero-order valence-electron chi connectivity index (χ0n) is 9.85. The van der Waals surface area contributed by atoms with Gasteiger partial charge < -0.3 is 9.47 Å². The second-order valence-corrected chi connectivity index (χ2v) is 4.45. The fourth-order valence-electron chi connectivity index (χ4n) is 1.59. The van der Waals surface area contributed by atoms with Gasteiger partial charge in [0.2, 0.25) is 0 Å². The van der Waals surface area contributed by atoms with Crippen LogP contribution in [0, 0.1) is 0 Å². The van der Waals surface area contributed by atoms with Crippen LogP contribution in [-0.2, 0) is 4.79 Å². The summed E-state index contributed by atoms with van der Waals surface area (Å²) in [4.78, 5) is 22.9. The van der Waals surface area contributed by atoms with E-state index < -0.39 is 5.91 Å². The quantitative estimate of drug-likeness (QED) is 0.847. The van der Waals surface area contributed by atoms with Gasteiger partial charge >= 0.3 is 0 Å². The summed E-state index contributed by atoms with van der Waals surface area (Å²) >= 11 is 0.866. The molecule has 1 aliphatic rings. The molecule has 18 heavy (non-hydrogen) atoms. The van der Waals surface area contributed by atoms with E-state index in [0.29, 0.717) is 22.0 Å². The standard InChI is InChI=1S/C12H11NO4S/c1-16-8-5-3-4-7(10(8)17-2)6-9-11(14)13-12(15)18-9/h3-6H,1-2H3,(H,13,14,15)/b9-6-. The Hall–Kier alpha value is -1.95. The van der Waals surface area contributed by atoms with Crippen molar-refractivity contribution in [1.29, 1.82) is 0 Å². The third-order valence-corrected chi connectivity index (χ3v) is 3.17. The van der Waals surface area contributed by atoms with Crippen molar-refractivity contribution in [2.45, 2.75) is 0 Å². The minimum Gasteiger partial charge on any atom is -0.493 e. The van der Waals surface area contributed by atoms with Crippen LogP contribution in [0.4, 0.5) is 4.79 Å².